The summed E-state index contributed by atoms with van der Waals surface area (Å²) in [4.78, 5) is 0. The van der Waals surface area contributed by atoms with Gasteiger partial charge in [-0.25, -0.2) is 0 Å². The maximum Gasteiger partial charge on any atom is 0.00981 e. The molecule has 0 heterocycles. The minimum absolute atomic E-state index is 0.720. The Labute approximate surface area is 89.7 Å². The number of rotatable bonds is 9. The van der Waals surface area contributed by atoms with Crippen molar-refractivity contribution in [3.8, 4) is 12.3 Å². The summed E-state index contributed by atoms with van der Waals surface area (Å²) in [5.41, 5.74) is 0. The molecule has 0 amide bonds. The molecule has 1 N–H and O–H groups in total. The molecule has 0 fully saturated rings. The summed E-state index contributed by atoms with van der Waals surface area (Å²) in [5.74, 6) is 2.68. The summed E-state index contributed by atoms with van der Waals surface area (Å²) >= 11 is 0. The molecule has 82 valence electrons. The summed E-state index contributed by atoms with van der Waals surface area (Å²) in [7, 11) is 0. The van der Waals surface area contributed by atoms with Crippen LogP contribution in [0.3, 0.4) is 0 Å². The van der Waals surface area contributed by atoms with Crippen LogP contribution in [0.25, 0.3) is 0 Å². The van der Waals surface area contributed by atoms with Gasteiger partial charge in [-0.2, -0.15) is 0 Å². The fourth-order valence-corrected chi connectivity index (χ4v) is 1.64. The third-order valence-corrected chi connectivity index (χ3v) is 2.47. The van der Waals surface area contributed by atoms with Crippen molar-refractivity contribution in [3.05, 3.63) is 0 Å². The van der Waals surface area contributed by atoms with E-state index in [1.165, 1.54) is 32.1 Å². The standard InChI is InChI=1S/C13H25N/c1-4-7-9-12-14-13(10-6-3)11-8-5-2/h1,13-14H,5-12H2,2-3H3. The Kier molecular flexibility index (Phi) is 10.2. The minimum Gasteiger partial charge on any atom is -0.314 e. The van der Waals surface area contributed by atoms with Crippen LogP contribution in [0.2, 0.25) is 0 Å². The molecule has 0 saturated carbocycles. The van der Waals surface area contributed by atoms with Gasteiger partial charge in [-0.05, 0) is 25.8 Å². The molecule has 1 atom stereocenters. The van der Waals surface area contributed by atoms with Crippen LogP contribution in [0.4, 0.5) is 0 Å². The first-order chi connectivity index (χ1) is 6.85. The van der Waals surface area contributed by atoms with E-state index in [2.05, 4.69) is 25.1 Å². The van der Waals surface area contributed by atoms with E-state index in [9.17, 15) is 0 Å². The first kappa shape index (κ1) is 13.5. The Morgan fingerprint density at radius 2 is 1.93 bits per heavy atom. The van der Waals surface area contributed by atoms with Crippen molar-refractivity contribution < 1.29 is 0 Å². The number of unbranched alkanes of at least 4 members (excludes halogenated alkanes) is 2. The molecule has 1 nitrogen and oxygen atoms in total. The van der Waals surface area contributed by atoms with E-state index in [4.69, 9.17) is 6.42 Å². The fourth-order valence-electron chi connectivity index (χ4n) is 1.64. The number of terminal acetylenes is 1. The maximum absolute atomic E-state index is 5.21. The van der Waals surface area contributed by atoms with Crippen molar-refractivity contribution in [2.45, 2.75) is 64.8 Å². The normalized spacial score (nSPS) is 12.4. The molecule has 0 bridgehead atoms. The number of hydrogen-bond acceptors (Lipinski definition) is 1. The van der Waals surface area contributed by atoms with Gasteiger partial charge < -0.3 is 5.32 Å². The molecular weight excluding hydrogens is 170 g/mol. The minimum atomic E-state index is 0.720. The van der Waals surface area contributed by atoms with Crippen LogP contribution in [0.1, 0.15) is 58.8 Å². The Hall–Kier alpha value is -0.480. The van der Waals surface area contributed by atoms with E-state index in [1.54, 1.807) is 0 Å². The predicted octanol–water partition coefficient (Wildman–Crippen LogP) is 3.35. The third-order valence-electron chi connectivity index (χ3n) is 2.47. The largest absolute Gasteiger partial charge is 0.314 e. The van der Waals surface area contributed by atoms with Crippen LogP contribution in [0.5, 0.6) is 0 Å². The highest BCUT2D eigenvalue weighted by molar-refractivity contribution is 4.83. The van der Waals surface area contributed by atoms with E-state index < -0.39 is 0 Å². The first-order valence-corrected chi connectivity index (χ1v) is 6.02. The average Bonchev–Trinajstić information content (AvgIpc) is 2.20. The molecular formula is C13H25N. The maximum atomic E-state index is 5.21. The van der Waals surface area contributed by atoms with Crippen molar-refractivity contribution in [1.29, 1.82) is 0 Å². The zero-order valence-electron chi connectivity index (χ0n) is 9.81. The van der Waals surface area contributed by atoms with E-state index in [0.29, 0.717) is 0 Å². The second-order valence-electron chi connectivity index (χ2n) is 3.89. The summed E-state index contributed by atoms with van der Waals surface area (Å²) in [6.45, 7) is 5.59. The van der Waals surface area contributed by atoms with Crippen molar-refractivity contribution >= 4 is 0 Å². The van der Waals surface area contributed by atoms with Crippen LogP contribution in [-0.4, -0.2) is 12.6 Å². The van der Waals surface area contributed by atoms with Gasteiger partial charge in [-0.1, -0.05) is 33.1 Å². The Morgan fingerprint density at radius 1 is 1.14 bits per heavy atom. The monoisotopic (exact) mass is 195 g/mol. The molecule has 0 aromatic rings. The quantitative estimate of drug-likeness (QED) is 0.439. The van der Waals surface area contributed by atoms with E-state index >= 15 is 0 Å². The molecule has 1 heteroatoms. The lowest BCUT2D eigenvalue weighted by Crippen LogP contribution is -2.29. The molecule has 0 saturated heterocycles. The first-order valence-electron chi connectivity index (χ1n) is 6.02. The van der Waals surface area contributed by atoms with Gasteiger partial charge in [-0.15, -0.1) is 12.3 Å². The lowest BCUT2D eigenvalue weighted by atomic mass is 10.1. The van der Waals surface area contributed by atoms with Crippen LogP contribution < -0.4 is 5.32 Å². The molecule has 0 spiro atoms. The zero-order valence-corrected chi connectivity index (χ0v) is 9.81. The zero-order chi connectivity index (χ0) is 10.6. The Balaban J connectivity index is 3.46. The Bertz CT molecular complexity index is 146. The molecule has 0 aromatic carbocycles. The molecule has 0 aliphatic carbocycles. The van der Waals surface area contributed by atoms with Gasteiger partial charge in [0.25, 0.3) is 0 Å². The summed E-state index contributed by atoms with van der Waals surface area (Å²) in [5, 5.41) is 3.59. The van der Waals surface area contributed by atoms with Gasteiger partial charge in [0.1, 0.15) is 0 Å². The SMILES string of the molecule is C#CCCCNC(CCC)CCCC. The highest BCUT2D eigenvalue weighted by Gasteiger charge is 2.04. The van der Waals surface area contributed by atoms with Gasteiger partial charge >= 0.3 is 0 Å². The van der Waals surface area contributed by atoms with Gasteiger partial charge in [0.15, 0.2) is 0 Å². The smallest absolute Gasteiger partial charge is 0.00981 e. The van der Waals surface area contributed by atoms with Gasteiger partial charge in [-0.3, -0.25) is 0 Å². The van der Waals surface area contributed by atoms with Gasteiger partial charge in [0.2, 0.25) is 0 Å². The van der Waals surface area contributed by atoms with Gasteiger partial charge in [0.05, 0.1) is 0 Å². The highest BCUT2D eigenvalue weighted by atomic mass is 14.9. The van der Waals surface area contributed by atoms with E-state index in [1.807, 2.05) is 0 Å². The van der Waals surface area contributed by atoms with Crippen LogP contribution >= 0.6 is 0 Å². The highest BCUT2D eigenvalue weighted by Crippen LogP contribution is 2.06. The molecule has 0 aliphatic heterocycles. The summed E-state index contributed by atoms with van der Waals surface area (Å²) in [6.07, 6.45) is 13.8. The lowest BCUT2D eigenvalue weighted by Gasteiger charge is -2.17. The topological polar surface area (TPSA) is 12.0 Å². The van der Waals surface area contributed by atoms with Crippen molar-refractivity contribution in [2.75, 3.05) is 6.54 Å². The second-order valence-corrected chi connectivity index (χ2v) is 3.89. The predicted molar refractivity (Wildman–Crippen MR) is 64.3 cm³/mol. The molecule has 0 aliphatic rings. The second kappa shape index (κ2) is 10.6. The van der Waals surface area contributed by atoms with Crippen LogP contribution in [-0.2, 0) is 0 Å². The lowest BCUT2D eigenvalue weighted by molar-refractivity contribution is 0.433. The van der Waals surface area contributed by atoms with E-state index in [0.717, 1.165) is 25.4 Å². The third kappa shape index (κ3) is 8.13. The molecule has 0 rings (SSSR count). The Morgan fingerprint density at radius 3 is 2.50 bits per heavy atom. The molecule has 14 heavy (non-hydrogen) atoms. The summed E-state index contributed by atoms with van der Waals surface area (Å²) in [6, 6.07) is 0.720. The molecule has 1 unspecified atom stereocenters. The molecule has 0 aromatic heterocycles. The van der Waals surface area contributed by atoms with Crippen LogP contribution in [0, 0.1) is 12.3 Å². The molecule has 0 radical (unpaired) electrons. The van der Waals surface area contributed by atoms with Crippen molar-refractivity contribution in [2.24, 2.45) is 0 Å². The van der Waals surface area contributed by atoms with Crippen LogP contribution in [0.15, 0.2) is 0 Å². The van der Waals surface area contributed by atoms with Crippen molar-refractivity contribution in [3.63, 3.8) is 0 Å². The number of hydrogen-bond donors (Lipinski definition) is 1. The van der Waals surface area contributed by atoms with Gasteiger partial charge in [0, 0.05) is 12.5 Å². The van der Waals surface area contributed by atoms with E-state index in [-0.39, 0.29) is 0 Å². The fraction of sp³-hybridized carbons (Fsp3) is 0.846. The number of nitrogens with one attached hydrogen (secondary N) is 1. The summed E-state index contributed by atoms with van der Waals surface area (Å²) < 4.78 is 0. The van der Waals surface area contributed by atoms with Crippen molar-refractivity contribution in [1.82, 2.24) is 5.32 Å². The average molecular weight is 195 g/mol.